The third-order valence-electron chi connectivity index (χ3n) is 3.87. The first-order chi connectivity index (χ1) is 9.99. The summed E-state index contributed by atoms with van der Waals surface area (Å²) in [5.74, 6) is -0.245. The van der Waals surface area contributed by atoms with E-state index in [9.17, 15) is 14.9 Å². The van der Waals surface area contributed by atoms with Gasteiger partial charge in [-0.2, -0.15) is 0 Å². The average Bonchev–Trinajstić information content (AvgIpc) is 2.45. The Bertz CT molecular complexity index is 547. The number of carboxylic acid groups (broad SMARTS) is 1. The number of nitrogens with zero attached hydrogens (tertiary/aromatic N) is 3. The summed E-state index contributed by atoms with van der Waals surface area (Å²) in [4.78, 5) is 27.7. The molecule has 1 aliphatic heterocycles. The van der Waals surface area contributed by atoms with E-state index in [2.05, 4.69) is 4.98 Å². The second-order valence-electron chi connectivity index (χ2n) is 5.36. The minimum atomic E-state index is -0.816. The van der Waals surface area contributed by atoms with Crippen molar-refractivity contribution >= 4 is 17.5 Å². The van der Waals surface area contributed by atoms with Crippen LogP contribution in [0.2, 0.25) is 0 Å². The molecule has 0 bridgehead atoms. The van der Waals surface area contributed by atoms with Gasteiger partial charge in [-0.15, -0.1) is 0 Å². The molecule has 21 heavy (non-hydrogen) atoms. The fourth-order valence-electron chi connectivity index (χ4n) is 2.75. The van der Waals surface area contributed by atoms with Crippen molar-refractivity contribution in [1.29, 1.82) is 0 Å². The maximum atomic E-state index is 11.0. The lowest BCUT2D eigenvalue weighted by Crippen LogP contribution is -2.40. The van der Waals surface area contributed by atoms with Gasteiger partial charge in [-0.3, -0.25) is 14.9 Å². The molecular weight excluding hydrogens is 274 g/mol. The SMILES string of the molecule is Cc1cnc(N2CCCCC2CCC(=O)O)cc1[N+](=O)[O-]. The quantitative estimate of drug-likeness (QED) is 0.662. The van der Waals surface area contributed by atoms with E-state index in [0.29, 0.717) is 17.8 Å². The lowest BCUT2D eigenvalue weighted by atomic mass is 9.98. The summed E-state index contributed by atoms with van der Waals surface area (Å²) in [6, 6.07) is 1.58. The average molecular weight is 293 g/mol. The molecule has 0 aromatic carbocycles. The Morgan fingerprint density at radius 3 is 3.00 bits per heavy atom. The van der Waals surface area contributed by atoms with Gasteiger partial charge in [-0.25, -0.2) is 4.98 Å². The van der Waals surface area contributed by atoms with E-state index in [-0.39, 0.29) is 18.2 Å². The second kappa shape index (κ2) is 6.51. The number of pyridine rings is 1. The van der Waals surface area contributed by atoms with Crippen molar-refractivity contribution in [2.75, 3.05) is 11.4 Å². The van der Waals surface area contributed by atoms with Gasteiger partial charge in [0.2, 0.25) is 0 Å². The van der Waals surface area contributed by atoms with Gasteiger partial charge in [-0.05, 0) is 32.6 Å². The summed E-state index contributed by atoms with van der Waals surface area (Å²) in [7, 11) is 0. The van der Waals surface area contributed by atoms with Crippen molar-refractivity contribution in [1.82, 2.24) is 4.98 Å². The lowest BCUT2D eigenvalue weighted by molar-refractivity contribution is -0.385. The number of nitro groups is 1. The van der Waals surface area contributed by atoms with E-state index in [0.717, 1.165) is 25.8 Å². The van der Waals surface area contributed by atoms with Crippen LogP contribution in [-0.2, 0) is 4.79 Å². The highest BCUT2D eigenvalue weighted by Crippen LogP contribution is 2.29. The standard InChI is InChI=1S/C14H19N3O4/c1-10-9-15-13(8-12(10)17(20)21)16-7-3-2-4-11(16)5-6-14(18)19/h8-9,11H,2-7H2,1H3,(H,18,19). The maximum absolute atomic E-state index is 11.0. The Balaban J connectivity index is 2.22. The summed E-state index contributed by atoms with van der Waals surface area (Å²) >= 11 is 0. The molecule has 114 valence electrons. The smallest absolute Gasteiger partial charge is 0.303 e. The number of carbonyl (C=O) groups is 1. The Morgan fingerprint density at radius 2 is 2.33 bits per heavy atom. The molecule has 1 unspecified atom stereocenters. The van der Waals surface area contributed by atoms with Crippen LogP contribution in [-0.4, -0.2) is 33.6 Å². The number of hydrogen-bond acceptors (Lipinski definition) is 5. The summed E-state index contributed by atoms with van der Waals surface area (Å²) in [5, 5.41) is 19.9. The molecule has 1 fully saturated rings. The number of aryl methyl sites for hydroxylation is 1. The molecule has 1 aromatic rings. The van der Waals surface area contributed by atoms with Crippen LogP contribution in [0.15, 0.2) is 12.3 Å². The lowest BCUT2D eigenvalue weighted by Gasteiger charge is -2.36. The van der Waals surface area contributed by atoms with Crippen LogP contribution in [0.5, 0.6) is 0 Å². The normalized spacial score (nSPS) is 18.5. The number of aromatic nitrogens is 1. The van der Waals surface area contributed by atoms with Crippen LogP contribution in [0, 0.1) is 17.0 Å². The molecule has 0 spiro atoms. The summed E-state index contributed by atoms with van der Waals surface area (Å²) < 4.78 is 0. The van der Waals surface area contributed by atoms with Crippen molar-refractivity contribution in [2.45, 2.75) is 45.1 Å². The molecule has 0 radical (unpaired) electrons. The number of rotatable bonds is 5. The fraction of sp³-hybridized carbons (Fsp3) is 0.571. The molecule has 2 heterocycles. The molecule has 1 N–H and O–H groups in total. The highest BCUT2D eigenvalue weighted by atomic mass is 16.6. The van der Waals surface area contributed by atoms with E-state index < -0.39 is 10.9 Å². The first-order valence-electron chi connectivity index (χ1n) is 7.08. The minimum Gasteiger partial charge on any atom is -0.481 e. The van der Waals surface area contributed by atoms with E-state index in [1.54, 1.807) is 6.92 Å². The number of carboxylic acids is 1. The first kappa shape index (κ1) is 15.2. The number of piperidine rings is 1. The Kier molecular flexibility index (Phi) is 4.72. The Labute approximate surface area is 122 Å². The van der Waals surface area contributed by atoms with Crippen LogP contribution < -0.4 is 4.90 Å². The summed E-state index contributed by atoms with van der Waals surface area (Å²) in [5.41, 5.74) is 0.588. The van der Waals surface area contributed by atoms with Crippen molar-refractivity contribution in [3.63, 3.8) is 0 Å². The molecule has 0 aliphatic carbocycles. The molecule has 2 rings (SSSR count). The van der Waals surface area contributed by atoms with E-state index >= 15 is 0 Å². The van der Waals surface area contributed by atoms with Gasteiger partial charge < -0.3 is 10.0 Å². The monoisotopic (exact) mass is 293 g/mol. The third kappa shape index (κ3) is 3.68. The topological polar surface area (TPSA) is 96.6 Å². The highest BCUT2D eigenvalue weighted by Gasteiger charge is 2.25. The third-order valence-corrected chi connectivity index (χ3v) is 3.87. The van der Waals surface area contributed by atoms with Crippen molar-refractivity contribution < 1.29 is 14.8 Å². The van der Waals surface area contributed by atoms with Crippen LogP contribution in [0.4, 0.5) is 11.5 Å². The Morgan fingerprint density at radius 1 is 1.57 bits per heavy atom. The van der Waals surface area contributed by atoms with Crippen LogP contribution in [0.3, 0.4) is 0 Å². The van der Waals surface area contributed by atoms with Crippen molar-refractivity contribution in [3.8, 4) is 0 Å². The van der Waals surface area contributed by atoms with Crippen molar-refractivity contribution in [2.24, 2.45) is 0 Å². The molecular formula is C14H19N3O4. The molecule has 1 aliphatic rings. The van der Waals surface area contributed by atoms with E-state index in [1.165, 1.54) is 12.3 Å². The summed E-state index contributed by atoms with van der Waals surface area (Å²) in [6.07, 6.45) is 5.10. The van der Waals surface area contributed by atoms with E-state index in [1.807, 2.05) is 4.90 Å². The van der Waals surface area contributed by atoms with Crippen LogP contribution in [0.1, 0.15) is 37.7 Å². The van der Waals surface area contributed by atoms with Crippen molar-refractivity contribution in [3.05, 3.63) is 27.9 Å². The molecule has 0 amide bonds. The molecule has 1 aromatic heterocycles. The molecule has 7 nitrogen and oxygen atoms in total. The van der Waals surface area contributed by atoms with Crippen LogP contribution >= 0.6 is 0 Å². The highest BCUT2D eigenvalue weighted by molar-refractivity contribution is 5.66. The van der Waals surface area contributed by atoms with Gasteiger partial charge in [0.1, 0.15) is 5.82 Å². The number of hydrogen-bond donors (Lipinski definition) is 1. The number of anilines is 1. The second-order valence-corrected chi connectivity index (χ2v) is 5.36. The van der Waals surface area contributed by atoms with Gasteiger partial charge in [0.05, 0.1) is 11.0 Å². The van der Waals surface area contributed by atoms with Gasteiger partial charge in [0.15, 0.2) is 0 Å². The van der Waals surface area contributed by atoms with E-state index in [4.69, 9.17) is 5.11 Å². The van der Waals surface area contributed by atoms with Gasteiger partial charge in [0.25, 0.3) is 5.69 Å². The summed E-state index contributed by atoms with van der Waals surface area (Å²) in [6.45, 7) is 2.42. The predicted molar refractivity (Wildman–Crippen MR) is 77.5 cm³/mol. The molecule has 0 saturated carbocycles. The van der Waals surface area contributed by atoms with Gasteiger partial charge >= 0.3 is 5.97 Å². The zero-order chi connectivity index (χ0) is 15.4. The fourth-order valence-corrected chi connectivity index (χ4v) is 2.75. The maximum Gasteiger partial charge on any atom is 0.303 e. The molecule has 7 heteroatoms. The minimum absolute atomic E-state index is 0.0579. The Hall–Kier alpha value is -2.18. The molecule has 1 saturated heterocycles. The first-order valence-corrected chi connectivity index (χ1v) is 7.08. The van der Waals surface area contributed by atoms with Crippen LogP contribution in [0.25, 0.3) is 0 Å². The predicted octanol–water partition coefficient (Wildman–Crippen LogP) is 2.52. The largest absolute Gasteiger partial charge is 0.481 e. The zero-order valence-corrected chi connectivity index (χ0v) is 12.0. The molecule has 1 atom stereocenters. The zero-order valence-electron chi connectivity index (χ0n) is 12.0. The number of aliphatic carboxylic acids is 1. The van der Waals surface area contributed by atoms with Gasteiger partial charge in [-0.1, -0.05) is 0 Å². The van der Waals surface area contributed by atoms with Gasteiger partial charge in [0, 0.05) is 30.8 Å².